The van der Waals surface area contributed by atoms with Crippen molar-refractivity contribution in [3.63, 3.8) is 0 Å². The van der Waals surface area contributed by atoms with E-state index in [1.807, 2.05) is 0 Å². The number of nitrogens with one attached hydrogen (secondary N) is 1. The van der Waals surface area contributed by atoms with Crippen LogP contribution in [0, 0.1) is 0 Å². The maximum atomic E-state index is 11.9. The lowest BCUT2D eigenvalue weighted by Gasteiger charge is -2.13. The fraction of sp³-hybridized carbons (Fsp3) is 0.500. The number of methoxy groups -OCH3 is 1. The first-order valence-corrected chi connectivity index (χ1v) is 8.88. The number of rotatable bonds is 9. The van der Waals surface area contributed by atoms with Crippen molar-refractivity contribution in [2.45, 2.75) is 0 Å². The molecule has 0 heterocycles. The molecule has 0 saturated heterocycles. The van der Waals surface area contributed by atoms with Crippen LogP contribution in [0.4, 0.5) is 5.69 Å². The van der Waals surface area contributed by atoms with Crippen LogP contribution in [0.5, 0.6) is 0 Å². The highest BCUT2D eigenvalue weighted by molar-refractivity contribution is 7.92. The molecule has 1 aromatic rings. The van der Waals surface area contributed by atoms with Crippen molar-refractivity contribution in [2.24, 2.45) is 0 Å². The van der Waals surface area contributed by atoms with Crippen LogP contribution in [0.15, 0.2) is 18.2 Å². The van der Waals surface area contributed by atoms with Gasteiger partial charge in [-0.3, -0.25) is 9.52 Å². The first-order valence-electron chi connectivity index (χ1n) is 6.85. The summed E-state index contributed by atoms with van der Waals surface area (Å²) in [6.07, 6.45) is 0. The van der Waals surface area contributed by atoms with Crippen LogP contribution in [0.3, 0.4) is 0 Å². The number of nitrogens with zero attached hydrogens (tertiary/aromatic N) is 1. The highest BCUT2D eigenvalue weighted by atomic mass is 35.5. The van der Waals surface area contributed by atoms with Gasteiger partial charge in [0.1, 0.15) is 0 Å². The van der Waals surface area contributed by atoms with Crippen LogP contribution >= 0.6 is 11.6 Å². The number of halogens is 1. The molecule has 9 heteroatoms. The average molecular weight is 365 g/mol. The summed E-state index contributed by atoms with van der Waals surface area (Å²) in [6.45, 7) is 0.799. The molecular weight excluding hydrogens is 344 g/mol. The van der Waals surface area contributed by atoms with Gasteiger partial charge in [0, 0.05) is 26.9 Å². The summed E-state index contributed by atoms with van der Waals surface area (Å²) in [6, 6.07) is 4.38. The Labute approximate surface area is 141 Å². The number of carbonyl (C=O) groups excluding carboxylic acids is 1. The largest absolute Gasteiger partial charge is 0.382 e. The van der Waals surface area contributed by atoms with Gasteiger partial charge in [-0.15, -0.1) is 0 Å². The Hall–Kier alpha value is -1.35. The predicted molar refractivity (Wildman–Crippen MR) is 89.6 cm³/mol. The van der Waals surface area contributed by atoms with Gasteiger partial charge in [-0.1, -0.05) is 11.6 Å². The van der Waals surface area contributed by atoms with Crippen LogP contribution in [0.2, 0.25) is 5.02 Å². The van der Waals surface area contributed by atoms with Gasteiger partial charge < -0.3 is 14.4 Å². The van der Waals surface area contributed by atoms with Crippen molar-refractivity contribution in [1.29, 1.82) is 0 Å². The zero-order valence-electron chi connectivity index (χ0n) is 13.3. The Bertz CT molecular complexity index is 634. The van der Waals surface area contributed by atoms with Crippen molar-refractivity contribution in [1.82, 2.24) is 4.90 Å². The standard InChI is InChI=1S/C14H21ClN2O5S/c1-17(2)14(18)12-5-4-11(10-13(12)15)16-23(19,20)9-8-22-7-6-21-3/h4-5,10,16H,6-9H2,1-3H3. The number of benzene rings is 1. The second-order valence-corrected chi connectivity index (χ2v) is 7.17. The minimum atomic E-state index is -3.56. The molecule has 0 bridgehead atoms. The SMILES string of the molecule is COCCOCCS(=O)(=O)Nc1ccc(C(=O)N(C)C)c(Cl)c1. The van der Waals surface area contributed by atoms with E-state index in [-0.39, 0.29) is 23.3 Å². The van der Waals surface area contributed by atoms with Gasteiger partial charge in [-0.05, 0) is 18.2 Å². The van der Waals surface area contributed by atoms with Crippen molar-refractivity contribution >= 4 is 33.2 Å². The lowest BCUT2D eigenvalue weighted by atomic mass is 10.2. The van der Waals surface area contributed by atoms with E-state index in [1.54, 1.807) is 14.1 Å². The molecule has 1 rings (SSSR count). The normalized spacial score (nSPS) is 11.3. The summed E-state index contributed by atoms with van der Waals surface area (Å²) in [4.78, 5) is 13.3. The molecule has 130 valence electrons. The van der Waals surface area contributed by atoms with E-state index in [0.29, 0.717) is 24.5 Å². The van der Waals surface area contributed by atoms with Crippen LogP contribution in [0.25, 0.3) is 0 Å². The van der Waals surface area contributed by atoms with E-state index in [9.17, 15) is 13.2 Å². The summed E-state index contributed by atoms with van der Waals surface area (Å²) in [5.74, 6) is -0.442. The molecule has 0 aromatic heterocycles. The summed E-state index contributed by atoms with van der Waals surface area (Å²) in [5.41, 5.74) is 0.602. The molecule has 0 radical (unpaired) electrons. The van der Waals surface area contributed by atoms with E-state index >= 15 is 0 Å². The fourth-order valence-corrected chi connectivity index (χ4v) is 2.82. The molecule has 0 spiro atoms. The summed E-state index contributed by atoms with van der Waals surface area (Å²) in [5, 5.41) is 0.181. The molecule has 1 amide bonds. The van der Waals surface area contributed by atoms with Gasteiger partial charge in [-0.25, -0.2) is 8.42 Å². The third-order valence-corrected chi connectivity index (χ3v) is 4.37. The number of carbonyl (C=O) groups is 1. The topological polar surface area (TPSA) is 84.9 Å². The number of hydrogen-bond donors (Lipinski definition) is 1. The van der Waals surface area contributed by atoms with E-state index in [1.165, 1.54) is 30.2 Å². The summed E-state index contributed by atoms with van der Waals surface area (Å²) < 4.78 is 36.2. The highest BCUT2D eigenvalue weighted by Crippen LogP contribution is 2.22. The number of anilines is 1. The van der Waals surface area contributed by atoms with Crippen LogP contribution in [-0.4, -0.2) is 66.0 Å². The summed E-state index contributed by atoms with van der Waals surface area (Å²) >= 11 is 6.04. The van der Waals surface area contributed by atoms with E-state index in [0.717, 1.165) is 0 Å². The van der Waals surface area contributed by atoms with Crippen molar-refractivity contribution in [2.75, 3.05) is 51.5 Å². The Morgan fingerprint density at radius 2 is 1.96 bits per heavy atom. The maximum Gasteiger partial charge on any atom is 0.254 e. The number of amides is 1. The Morgan fingerprint density at radius 1 is 1.26 bits per heavy atom. The fourth-order valence-electron chi connectivity index (χ4n) is 1.64. The van der Waals surface area contributed by atoms with Gasteiger partial charge in [0.05, 0.1) is 36.2 Å². The number of sulfonamides is 1. The monoisotopic (exact) mass is 364 g/mol. The molecule has 0 aliphatic rings. The average Bonchev–Trinajstić information content (AvgIpc) is 2.46. The smallest absolute Gasteiger partial charge is 0.254 e. The molecule has 0 aliphatic carbocycles. The number of ether oxygens (including phenoxy) is 2. The van der Waals surface area contributed by atoms with Gasteiger partial charge >= 0.3 is 0 Å². The second kappa shape index (κ2) is 9.07. The van der Waals surface area contributed by atoms with Gasteiger partial charge in [0.2, 0.25) is 10.0 Å². The third kappa shape index (κ3) is 6.74. The zero-order valence-corrected chi connectivity index (χ0v) is 14.9. The van der Waals surface area contributed by atoms with Crippen LogP contribution < -0.4 is 4.72 Å². The van der Waals surface area contributed by atoms with E-state index in [4.69, 9.17) is 21.1 Å². The molecular formula is C14H21ClN2O5S. The molecule has 1 N–H and O–H groups in total. The first-order chi connectivity index (χ1) is 10.8. The third-order valence-electron chi connectivity index (χ3n) is 2.81. The van der Waals surface area contributed by atoms with Crippen molar-refractivity contribution in [3.05, 3.63) is 28.8 Å². The minimum Gasteiger partial charge on any atom is -0.382 e. The molecule has 0 unspecified atom stereocenters. The first kappa shape index (κ1) is 19.7. The van der Waals surface area contributed by atoms with Crippen LogP contribution in [-0.2, 0) is 19.5 Å². The predicted octanol–water partition coefficient (Wildman–Crippen LogP) is 1.45. The molecule has 7 nitrogen and oxygen atoms in total. The van der Waals surface area contributed by atoms with Crippen molar-refractivity contribution < 1.29 is 22.7 Å². The molecule has 0 fully saturated rings. The van der Waals surface area contributed by atoms with Gasteiger partial charge in [0.15, 0.2) is 0 Å². The van der Waals surface area contributed by atoms with E-state index < -0.39 is 10.0 Å². The minimum absolute atomic E-state index is 0.0592. The van der Waals surface area contributed by atoms with Crippen LogP contribution in [0.1, 0.15) is 10.4 Å². The second-order valence-electron chi connectivity index (χ2n) is 4.92. The molecule has 0 atom stereocenters. The van der Waals surface area contributed by atoms with Crippen molar-refractivity contribution in [3.8, 4) is 0 Å². The highest BCUT2D eigenvalue weighted by Gasteiger charge is 2.15. The lowest BCUT2D eigenvalue weighted by molar-refractivity contribution is 0.0785. The van der Waals surface area contributed by atoms with Gasteiger partial charge in [0.25, 0.3) is 5.91 Å². The molecule has 0 saturated carbocycles. The molecule has 23 heavy (non-hydrogen) atoms. The Balaban J connectivity index is 2.66. The quantitative estimate of drug-likeness (QED) is 0.670. The Kier molecular flexibility index (Phi) is 7.77. The molecule has 0 aliphatic heterocycles. The maximum absolute atomic E-state index is 11.9. The summed E-state index contributed by atoms with van der Waals surface area (Å²) in [7, 11) is 1.20. The lowest BCUT2D eigenvalue weighted by Crippen LogP contribution is -2.23. The van der Waals surface area contributed by atoms with Gasteiger partial charge in [-0.2, -0.15) is 0 Å². The zero-order chi connectivity index (χ0) is 17.5. The Morgan fingerprint density at radius 3 is 2.52 bits per heavy atom. The van der Waals surface area contributed by atoms with E-state index in [2.05, 4.69) is 4.72 Å². The number of hydrogen-bond acceptors (Lipinski definition) is 5. The molecule has 1 aromatic carbocycles.